The number of aryl methyl sites for hydroxylation is 1. The Bertz CT molecular complexity index is 953. The van der Waals surface area contributed by atoms with E-state index in [0.29, 0.717) is 31.0 Å². The Morgan fingerprint density at radius 2 is 1.93 bits per heavy atom. The Morgan fingerprint density at radius 1 is 1.14 bits per heavy atom. The monoisotopic (exact) mass is 393 g/mol. The van der Waals surface area contributed by atoms with Crippen LogP contribution in [0, 0.1) is 6.92 Å². The highest BCUT2D eigenvalue weighted by atomic mass is 16.7. The van der Waals surface area contributed by atoms with Crippen LogP contribution in [-0.2, 0) is 16.1 Å². The van der Waals surface area contributed by atoms with Gasteiger partial charge < -0.3 is 14.8 Å². The average molecular weight is 393 g/mol. The van der Waals surface area contributed by atoms with Crippen molar-refractivity contribution < 1.29 is 19.1 Å². The van der Waals surface area contributed by atoms with Gasteiger partial charge in [0, 0.05) is 19.4 Å². The van der Waals surface area contributed by atoms with Crippen molar-refractivity contribution in [3.8, 4) is 11.5 Å². The van der Waals surface area contributed by atoms with Gasteiger partial charge in [-0.2, -0.15) is 0 Å². The second kappa shape index (κ2) is 8.26. The summed E-state index contributed by atoms with van der Waals surface area (Å²) in [7, 11) is 0. The summed E-state index contributed by atoms with van der Waals surface area (Å²) in [5.41, 5.74) is 7.13. The van der Waals surface area contributed by atoms with E-state index in [1.807, 2.05) is 55.5 Å². The lowest BCUT2D eigenvalue weighted by molar-refractivity contribution is -0.133. The molecule has 150 valence electrons. The van der Waals surface area contributed by atoms with Crippen LogP contribution in [0.25, 0.3) is 5.70 Å². The van der Waals surface area contributed by atoms with Crippen LogP contribution in [0.1, 0.15) is 29.5 Å². The Morgan fingerprint density at radius 3 is 2.76 bits per heavy atom. The zero-order valence-electron chi connectivity index (χ0n) is 16.2. The quantitative estimate of drug-likeness (QED) is 0.788. The van der Waals surface area contributed by atoms with Gasteiger partial charge in [-0.25, -0.2) is 0 Å². The minimum atomic E-state index is -0.122. The van der Waals surface area contributed by atoms with Crippen LogP contribution in [0.3, 0.4) is 0 Å². The third-order valence-electron chi connectivity index (χ3n) is 4.89. The number of fused-ring (bicyclic) bond motifs is 1. The summed E-state index contributed by atoms with van der Waals surface area (Å²) in [4.78, 5) is 24.4. The zero-order valence-corrected chi connectivity index (χ0v) is 16.2. The summed E-state index contributed by atoms with van der Waals surface area (Å²) in [6.07, 6.45) is 2.41. The van der Waals surface area contributed by atoms with Crippen LogP contribution in [-0.4, -0.2) is 30.2 Å². The van der Waals surface area contributed by atoms with Crippen molar-refractivity contribution in [1.29, 1.82) is 0 Å². The molecule has 0 radical (unpaired) electrons. The summed E-state index contributed by atoms with van der Waals surface area (Å²) >= 11 is 0. The summed E-state index contributed by atoms with van der Waals surface area (Å²) in [6.45, 7) is 2.95. The molecule has 0 saturated heterocycles. The number of nitrogens with zero attached hydrogens (tertiary/aromatic N) is 1. The number of rotatable bonds is 6. The van der Waals surface area contributed by atoms with E-state index < -0.39 is 0 Å². The molecule has 2 aromatic carbocycles. The summed E-state index contributed by atoms with van der Waals surface area (Å²) < 4.78 is 10.6. The van der Waals surface area contributed by atoms with Crippen LogP contribution < -0.4 is 20.2 Å². The maximum Gasteiger partial charge on any atom is 0.244 e. The molecule has 2 aliphatic heterocycles. The molecular weight excluding hydrogens is 370 g/mol. The minimum Gasteiger partial charge on any atom is -0.454 e. The predicted octanol–water partition coefficient (Wildman–Crippen LogP) is 2.51. The first-order valence-electron chi connectivity index (χ1n) is 9.58. The molecule has 0 saturated carbocycles. The number of hydrazine groups is 1. The van der Waals surface area contributed by atoms with Gasteiger partial charge in [-0.05, 0) is 36.3 Å². The molecule has 29 heavy (non-hydrogen) atoms. The second-order valence-corrected chi connectivity index (χ2v) is 7.06. The average Bonchev–Trinajstić information content (AvgIpc) is 3.20. The predicted molar refractivity (Wildman–Crippen MR) is 108 cm³/mol. The Labute approximate surface area is 169 Å². The fourth-order valence-electron chi connectivity index (χ4n) is 3.20. The lowest BCUT2D eigenvalue weighted by Gasteiger charge is -2.29. The fraction of sp³-hybridized carbons (Fsp3) is 0.273. The first-order chi connectivity index (χ1) is 14.1. The highest BCUT2D eigenvalue weighted by molar-refractivity contribution is 5.84. The van der Waals surface area contributed by atoms with Gasteiger partial charge in [0.2, 0.25) is 18.6 Å². The van der Waals surface area contributed by atoms with E-state index in [1.165, 1.54) is 10.6 Å². The molecule has 0 spiro atoms. The lowest BCUT2D eigenvalue weighted by atomic mass is 10.1. The van der Waals surface area contributed by atoms with Gasteiger partial charge in [0.05, 0.1) is 12.2 Å². The third-order valence-corrected chi connectivity index (χ3v) is 4.89. The molecule has 0 bridgehead atoms. The SMILES string of the molecule is Cc1ccc(C2=CCC(=O)N(CCC(=O)NCc3ccc4c(c3)OCO4)N2)cc1. The van der Waals surface area contributed by atoms with Crippen LogP contribution in [0.4, 0.5) is 0 Å². The van der Waals surface area contributed by atoms with Gasteiger partial charge in [0.15, 0.2) is 11.5 Å². The first-order valence-corrected chi connectivity index (χ1v) is 9.58. The molecule has 2 aromatic rings. The maximum absolute atomic E-state index is 12.2. The first kappa shape index (κ1) is 18.9. The highest BCUT2D eigenvalue weighted by Gasteiger charge is 2.20. The van der Waals surface area contributed by atoms with E-state index in [4.69, 9.17) is 9.47 Å². The summed E-state index contributed by atoms with van der Waals surface area (Å²) in [5, 5.41) is 4.39. The molecule has 0 aromatic heterocycles. The van der Waals surface area contributed by atoms with E-state index in [0.717, 1.165) is 16.8 Å². The number of hydrogen-bond donors (Lipinski definition) is 2. The molecular formula is C22H23N3O4. The number of nitrogens with one attached hydrogen (secondary N) is 2. The third kappa shape index (κ3) is 4.51. The van der Waals surface area contributed by atoms with Crippen molar-refractivity contribution in [2.24, 2.45) is 0 Å². The summed E-state index contributed by atoms with van der Waals surface area (Å²) in [6, 6.07) is 13.7. The van der Waals surface area contributed by atoms with E-state index in [2.05, 4.69) is 10.7 Å². The van der Waals surface area contributed by atoms with Crippen LogP contribution in [0.5, 0.6) is 11.5 Å². The number of carbonyl (C=O) groups excluding carboxylic acids is 2. The van der Waals surface area contributed by atoms with Crippen molar-refractivity contribution in [3.05, 3.63) is 65.2 Å². The topological polar surface area (TPSA) is 79.9 Å². The van der Waals surface area contributed by atoms with Crippen molar-refractivity contribution in [2.45, 2.75) is 26.3 Å². The van der Waals surface area contributed by atoms with Gasteiger partial charge in [-0.15, -0.1) is 0 Å². The van der Waals surface area contributed by atoms with Gasteiger partial charge in [0.25, 0.3) is 0 Å². The number of carbonyl (C=O) groups is 2. The van der Waals surface area contributed by atoms with E-state index >= 15 is 0 Å². The van der Waals surface area contributed by atoms with Crippen LogP contribution in [0.2, 0.25) is 0 Å². The zero-order chi connectivity index (χ0) is 20.2. The Balaban J connectivity index is 1.27. The number of amides is 2. The molecule has 0 aliphatic carbocycles. The molecule has 2 amide bonds. The molecule has 0 atom stereocenters. The molecule has 2 N–H and O–H groups in total. The van der Waals surface area contributed by atoms with Crippen molar-refractivity contribution in [2.75, 3.05) is 13.3 Å². The number of hydrogen-bond acceptors (Lipinski definition) is 5. The van der Waals surface area contributed by atoms with Crippen molar-refractivity contribution in [3.63, 3.8) is 0 Å². The normalized spacial score (nSPS) is 15.0. The van der Waals surface area contributed by atoms with E-state index in [-0.39, 0.29) is 25.0 Å². The molecule has 0 unspecified atom stereocenters. The summed E-state index contributed by atoms with van der Waals surface area (Å²) in [5.74, 6) is 1.23. The number of ether oxygens (including phenoxy) is 2. The Hall–Kier alpha value is -3.48. The minimum absolute atomic E-state index is 0.0515. The van der Waals surface area contributed by atoms with Crippen LogP contribution in [0.15, 0.2) is 48.5 Å². The van der Waals surface area contributed by atoms with Crippen molar-refractivity contribution >= 4 is 17.5 Å². The largest absolute Gasteiger partial charge is 0.454 e. The van der Waals surface area contributed by atoms with Crippen LogP contribution >= 0.6 is 0 Å². The molecule has 7 nitrogen and oxygen atoms in total. The second-order valence-electron chi connectivity index (χ2n) is 7.06. The maximum atomic E-state index is 12.2. The number of benzene rings is 2. The van der Waals surface area contributed by atoms with E-state index in [9.17, 15) is 9.59 Å². The fourth-order valence-corrected chi connectivity index (χ4v) is 3.20. The lowest BCUT2D eigenvalue weighted by Crippen LogP contribution is -2.45. The molecule has 7 heteroatoms. The molecule has 0 fully saturated rings. The molecule has 2 aliphatic rings. The smallest absolute Gasteiger partial charge is 0.244 e. The van der Waals surface area contributed by atoms with Crippen molar-refractivity contribution in [1.82, 2.24) is 15.8 Å². The van der Waals surface area contributed by atoms with Gasteiger partial charge >= 0.3 is 0 Å². The highest BCUT2D eigenvalue weighted by Crippen LogP contribution is 2.32. The van der Waals surface area contributed by atoms with Gasteiger partial charge in [-0.1, -0.05) is 35.9 Å². The Kier molecular flexibility index (Phi) is 5.37. The van der Waals surface area contributed by atoms with Gasteiger partial charge in [-0.3, -0.25) is 20.0 Å². The molecule has 4 rings (SSSR count). The molecule has 2 heterocycles. The van der Waals surface area contributed by atoms with E-state index in [1.54, 1.807) is 0 Å². The standard InChI is InChI=1S/C22H23N3O4/c1-15-2-5-17(6-3-15)18-7-9-22(27)25(24-18)11-10-21(26)23-13-16-4-8-19-20(12-16)29-14-28-19/h2-8,12,24H,9-11,13-14H2,1H3,(H,23,26). The van der Waals surface area contributed by atoms with Gasteiger partial charge in [0.1, 0.15) is 0 Å².